The minimum Gasteiger partial charge on any atom is -0.453 e. The van der Waals surface area contributed by atoms with E-state index in [1.54, 1.807) is 5.56 Å². The molecule has 56 heavy (non-hydrogen) atoms. The molecule has 3 unspecified atom stereocenters. The Bertz CT molecular complexity index is 2040. The van der Waals surface area contributed by atoms with Crippen LogP contribution in [0.25, 0.3) is 33.6 Å². The fourth-order valence-corrected chi connectivity index (χ4v) is 10.7. The van der Waals surface area contributed by atoms with E-state index in [2.05, 4.69) is 102 Å². The zero-order valence-corrected chi connectivity index (χ0v) is 34.5. The summed E-state index contributed by atoms with van der Waals surface area (Å²) in [6.07, 6.45) is 13.9. The van der Waals surface area contributed by atoms with E-state index < -0.39 is 0 Å². The number of aryl methyl sites for hydroxylation is 1. The van der Waals surface area contributed by atoms with Crippen molar-refractivity contribution < 1.29 is 14.3 Å². The molecule has 3 N–H and O–H groups in total. The van der Waals surface area contributed by atoms with Crippen LogP contribution in [0.5, 0.6) is 0 Å². The molecule has 4 aromatic rings. The predicted molar refractivity (Wildman–Crippen MR) is 223 cm³/mol. The van der Waals surface area contributed by atoms with Gasteiger partial charge in [0, 0.05) is 42.5 Å². The minimum absolute atomic E-state index is 0.00237. The smallest absolute Gasteiger partial charge is 0.407 e. The van der Waals surface area contributed by atoms with Crippen LogP contribution in [-0.2, 0) is 21.4 Å². The van der Waals surface area contributed by atoms with Crippen molar-refractivity contribution in [2.75, 3.05) is 26.7 Å². The van der Waals surface area contributed by atoms with Crippen molar-refractivity contribution in [1.29, 1.82) is 0 Å². The number of aromatic nitrogens is 3. The van der Waals surface area contributed by atoms with Crippen molar-refractivity contribution in [3.63, 3.8) is 0 Å². The molecule has 9 heteroatoms. The Morgan fingerprint density at radius 3 is 2.34 bits per heavy atom. The molecule has 4 heterocycles. The highest BCUT2D eigenvalue weighted by molar-refractivity contribution is 5.81. The van der Waals surface area contributed by atoms with Crippen molar-refractivity contribution in [2.45, 2.75) is 129 Å². The van der Waals surface area contributed by atoms with Crippen LogP contribution in [0.15, 0.2) is 48.7 Å². The molecule has 1 spiro atoms. The van der Waals surface area contributed by atoms with Crippen LogP contribution in [0.2, 0.25) is 0 Å². The highest BCUT2D eigenvalue weighted by atomic mass is 16.5. The largest absolute Gasteiger partial charge is 0.453 e. The lowest BCUT2D eigenvalue weighted by Gasteiger charge is -2.30. The summed E-state index contributed by atoms with van der Waals surface area (Å²) in [5.41, 5.74) is 13.2. The molecule has 2 saturated heterocycles. The van der Waals surface area contributed by atoms with Crippen LogP contribution in [0.4, 0.5) is 4.79 Å². The van der Waals surface area contributed by atoms with Gasteiger partial charge in [0.15, 0.2) is 0 Å². The fourth-order valence-electron chi connectivity index (χ4n) is 10.7. The fraction of sp³-hybridized carbons (Fsp3) is 0.553. The zero-order valence-electron chi connectivity index (χ0n) is 34.5. The number of fused-ring (bicyclic) bond motifs is 2. The van der Waals surface area contributed by atoms with Gasteiger partial charge in [0.25, 0.3) is 0 Å². The number of nitrogens with zero attached hydrogens (tertiary/aromatic N) is 3. The van der Waals surface area contributed by atoms with Crippen LogP contribution < -0.4 is 5.32 Å². The molecule has 1 saturated carbocycles. The summed E-state index contributed by atoms with van der Waals surface area (Å²) >= 11 is 0. The van der Waals surface area contributed by atoms with Gasteiger partial charge in [-0.2, -0.15) is 0 Å². The number of alkyl carbamates (subject to hydrolysis) is 1. The average Bonchev–Trinajstić information content (AvgIpc) is 4.04. The van der Waals surface area contributed by atoms with Gasteiger partial charge in [-0.1, -0.05) is 76.9 Å². The molecule has 2 aromatic carbocycles. The van der Waals surface area contributed by atoms with Gasteiger partial charge in [-0.3, -0.25) is 9.69 Å². The SMILES string of the molecule is COC(=O)NC(CN1CCCC1c1ncc(-c2ccc(-c3ccc(-c4cc(C)c(C5CCCN5C(=O)CC(C)C)[nH]4)c4c3C3(CCCC3)CC4)cc2)[nH]1)C(C)C. The van der Waals surface area contributed by atoms with Crippen LogP contribution in [0.3, 0.4) is 0 Å². The van der Waals surface area contributed by atoms with Gasteiger partial charge in [0.05, 0.1) is 31.1 Å². The number of aromatic amines is 2. The molecule has 2 aliphatic carbocycles. The maximum Gasteiger partial charge on any atom is 0.407 e. The molecule has 3 atom stereocenters. The average molecular weight is 759 g/mol. The first-order valence-electron chi connectivity index (χ1n) is 21.4. The summed E-state index contributed by atoms with van der Waals surface area (Å²) in [6, 6.07) is 16.5. The monoisotopic (exact) mass is 758 g/mol. The van der Waals surface area contributed by atoms with E-state index >= 15 is 0 Å². The molecule has 0 bridgehead atoms. The molecule has 2 aliphatic heterocycles. The first kappa shape index (κ1) is 38.5. The standard InChI is InChI=1S/C47H62N6O3/c1-29(2)25-42(54)53-24-10-11-40(53)44-31(5)26-37(49-44)35-18-17-34(43-36(35)19-22-47(43)20-7-8-21-47)32-13-15-33(16-14-32)38-27-48-45(50-38)41-12-9-23-52(41)28-39(30(3)4)51-46(55)56-6/h13-18,26-27,29-30,39-41,49H,7-12,19-25,28H2,1-6H3,(H,48,50)(H,51,55). The Hall–Kier alpha value is -4.37. The number of rotatable bonds is 11. The normalized spacial score (nSPS) is 21.1. The van der Waals surface area contributed by atoms with Crippen molar-refractivity contribution in [3.8, 4) is 33.6 Å². The van der Waals surface area contributed by atoms with Crippen LogP contribution in [-0.4, -0.2) is 69.5 Å². The van der Waals surface area contributed by atoms with Crippen molar-refractivity contribution >= 4 is 12.0 Å². The summed E-state index contributed by atoms with van der Waals surface area (Å²) in [5, 5.41) is 3.03. The number of amides is 2. The topological polar surface area (TPSA) is 106 Å². The number of imidazole rings is 1. The number of methoxy groups -OCH3 is 1. The van der Waals surface area contributed by atoms with Gasteiger partial charge in [-0.05, 0) is 122 Å². The molecule has 9 nitrogen and oxygen atoms in total. The number of hydrogen-bond acceptors (Lipinski definition) is 5. The number of nitrogens with one attached hydrogen (secondary N) is 3. The lowest BCUT2D eigenvalue weighted by Crippen LogP contribution is -2.46. The molecular formula is C47H62N6O3. The summed E-state index contributed by atoms with van der Waals surface area (Å²) in [7, 11) is 1.42. The van der Waals surface area contributed by atoms with Crippen LogP contribution in [0.1, 0.15) is 132 Å². The summed E-state index contributed by atoms with van der Waals surface area (Å²) in [5.74, 6) is 1.92. The van der Waals surface area contributed by atoms with Gasteiger partial charge < -0.3 is 24.9 Å². The summed E-state index contributed by atoms with van der Waals surface area (Å²) in [4.78, 5) is 42.3. The Labute approximate surface area is 333 Å². The second kappa shape index (κ2) is 15.9. The Balaban J connectivity index is 1.05. The number of benzene rings is 2. The van der Waals surface area contributed by atoms with Gasteiger partial charge >= 0.3 is 6.09 Å². The summed E-state index contributed by atoms with van der Waals surface area (Å²) in [6.45, 7) is 13.4. The van der Waals surface area contributed by atoms with Crippen LogP contribution in [0, 0.1) is 18.8 Å². The first-order valence-corrected chi connectivity index (χ1v) is 21.4. The molecule has 8 rings (SSSR count). The quantitative estimate of drug-likeness (QED) is 0.141. The van der Waals surface area contributed by atoms with Gasteiger partial charge in [-0.15, -0.1) is 0 Å². The third-order valence-corrected chi connectivity index (χ3v) is 13.6. The lowest BCUT2D eigenvalue weighted by atomic mass is 9.76. The number of carbonyl (C=O) groups is 2. The third-order valence-electron chi connectivity index (χ3n) is 13.6. The predicted octanol–water partition coefficient (Wildman–Crippen LogP) is 10.0. The molecule has 4 aliphatic rings. The second-order valence-electron chi connectivity index (χ2n) is 18.0. The number of carbonyl (C=O) groups excluding carboxylic acids is 2. The number of H-pyrrole nitrogens is 2. The molecule has 3 fully saturated rings. The highest BCUT2D eigenvalue weighted by Crippen LogP contribution is 2.55. The highest BCUT2D eigenvalue weighted by Gasteiger charge is 2.44. The molecule has 298 valence electrons. The Morgan fingerprint density at radius 1 is 0.893 bits per heavy atom. The Kier molecular flexibility index (Phi) is 10.9. The van der Waals surface area contributed by atoms with Gasteiger partial charge in [-0.25, -0.2) is 9.78 Å². The van der Waals surface area contributed by atoms with Crippen molar-refractivity contribution in [1.82, 2.24) is 30.1 Å². The molecule has 2 amide bonds. The zero-order chi connectivity index (χ0) is 39.1. The second-order valence-corrected chi connectivity index (χ2v) is 18.0. The van der Waals surface area contributed by atoms with Gasteiger partial charge in [0.1, 0.15) is 5.82 Å². The van der Waals surface area contributed by atoms with E-state index in [0.29, 0.717) is 12.3 Å². The van der Waals surface area contributed by atoms with E-state index in [9.17, 15) is 9.59 Å². The molecular weight excluding hydrogens is 697 g/mol. The maximum absolute atomic E-state index is 13.2. The number of likely N-dealkylation sites (tertiary alicyclic amines) is 2. The number of ether oxygens (including phenoxy) is 1. The van der Waals surface area contributed by atoms with E-state index in [4.69, 9.17) is 9.72 Å². The minimum atomic E-state index is -0.380. The molecule has 0 radical (unpaired) electrons. The van der Waals surface area contributed by atoms with E-state index in [1.165, 1.54) is 78.4 Å². The Morgan fingerprint density at radius 2 is 1.61 bits per heavy atom. The maximum atomic E-state index is 13.2. The first-order chi connectivity index (χ1) is 27.0. The van der Waals surface area contributed by atoms with Crippen molar-refractivity contribution in [2.24, 2.45) is 11.8 Å². The van der Waals surface area contributed by atoms with E-state index in [0.717, 1.165) is 68.8 Å². The van der Waals surface area contributed by atoms with Gasteiger partial charge in [0.2, 0.25) is 5.91 Å². The van der Waals surface area contributed by atoms with E-state index in [1.807, 2.05) is 6.20 Å². The van der Waals surface area contributed by atoms with Crippen molar-refractivity contribution in [3.05, 3.63) is 76.9 Å². The molecule has 2 aromatic heterocycles. The summed E-state index contributed by atoms with van der Waals surface area (Å²) < 4.78 is 4.90. The van der Waals surface area contributed by atoms with E-state index in [-0.39, 0.29) is 41.5 Å². The van der Waals surface area contributed by atoms with Crippen LogP contribution >= 0.6 is 0 Å². The lowest BCUT2D eigenvalue weighted by molar-refractivity contribution is -0.133. The third kappa shape index (κ3) is 7.32. The number of hydrogen-bond donors (Lipinski definition) is 3.